The Labute approximate surface area is 112 Å². The third kappa shape index (κ3) is 4.16. The lowest BCUT2D eigenvalue weighted by Gasteiger charge is -2.13. The summed E-state index contributed by atoms with van der Waals surface area (Å²) in [4.78, 5) is 24.0. The Kier molecular flexibility index (Phi) is 5.67. The standard InChI is InChI=1S/C15H19FO3/c1-4-5-6-13(15(18)19-3)14(17)11-7-10(2)8-12(16)9-11/h7-9,13H,4-6H2,1-3H3. The van der Waals surface area contributed by atoms with E-state index in [9.17, 15) is 14.0 Å². The fraction of sp³-hybridized carbons (Fsp3) is 0.467. The van der Waals surface area contributed by atoms with Crippen LogP contribution >= 0.6 is 0 Å². The molecule has 0 heterocycles. The first-order valence-electron chi connectivity index (χ1n) is 6.38. The first-order valence-corrected chi connectivity index (χ1v) is 6.38. The molecule has 4 heteroatoms. The van der Waals surface area contributed by atoms with Crippen LogP contribution in [0.1, 0.15) is 42.1 Å². The van der Waals surface area contributed by atoms with Crippen LogP contribution in [0, 0.1) is 18.7 Å². The number of hydrogen-bond donors (Lipinski definition) is 0. The van der Waals surface area contributed by atoms with Gasteiger partial charge in [-0.25, -0.2) is 4.39 Å². The molecule has 0 aliphatic carbocycles. The maximum Gasteiger partial charge on any atom is 0.316 e. The van der Waals surface area contributed by atoms with Gasteiger partial charge in [-0.1, -0.05) is 19.8 Å². The van der Waals surface area contributed by atoms with E-state index in [1.54, 1.807) is 13.0 Å². The molecule has 0 radical (unpaired) electrons. The number of halogens is 1. The molecule has 0 saturated heterocycles. The van der Waals surface area contributed by atoms with E-state index in [0.717, 1.165) is 18.9 Å². The van der Waals surface area contributed by atoms with Gasteiger partial charge in [-0.2, -0.15) is 0 Å². The Hall–Kier alpha value is -1.71. The van der Waals surface area contributed by atoms with E-state index in [-0.39, 0.29) is 11.3 Å². The summed E-state index contributed by atoms with van der Waals surface area (Å²) in [7, 11) is 1.26. The van der Waals surface area contributed by atoms with Crippen molar-refractivity contribution in [1.82, 2.24) is 0 Å². The number of Topliss-reactive ketones (excluding diaryl/α,β-unsaturated/α-hetero) is 1. The summed E-state index contributed by atoms with van der Waals surface area (Å²) in [6.45, 7) is 3.68. The van der Waals surface area contributed by atoms with Crippen molar-refractivity contribution >= 4 is 11.8 Å². The molecule has 0 aliphatic heterocycles. The highest BCUT2D eigenvalue weighted by molar-refractivity contribution is 6.08. The number of unbranched alkanes of at least 4 members (excludes halogenated alkanes) is 1. The number of rotatable bonds is 6. The van der Waals surface area contributed by atoms with Crippen LogP contribution < -0.4 is 0 Å². The number of esters is 1. The molecule has 1 atom stereocenters. The predicted molar refractivity (Wildman–Crippen MR) is 70.5 cm³/mol. The SMILES string of the molecule is CCCCC(C(=O)OC)C(=O)c1cc(C)cc(F)c1. The van der Waals surface area contributed by atoms with Gasteiger partial charge >= 0.3 is 5.97 Å². The monoisotopic (exact) mass is 266 g/mol. The maximum absolute atomic E-state index is 13.3. The van der Waals surface area contributed by atoms with Crippen LogP contribution in [0.2, 0.25) is 0 Å². The highest BCUT2D eigenvalue weighted by Gasteiger charge is 2.28. The van der Waals surface area contributed by atoms with Gasteiger partial charge in [-0.15, -0.1) is 0 Å². The molecular weight excluding hydrogens is 247 g/mol. The van der Waals surface area contributed by atoms with E-state index in [2.05, 4.69) is 4.74 Å². The van der Waals surface area contributed by atoms with Crippen molar-refractivity contribution in [2.24, 2.45) is 5.92 Å². The normalized spacial score (nSPS) is 12.0. The van der Waals surface area contributed by atoms with Gasteiger partial charge in [-0.05, 0) is 37.1 Å². The number of carbonyl (C=O) groups is 2. The molecule has 0 amide bonds. The fourth-order valence-corrected chi connectivity index (χ4v) is 1.99. The van der Waals surface area contributed by atoms with Crippen molar-refractivity contribution in [1.29, 1.82) is 0 Å². The van der Waals surface area contributed by atoms with Gasteiger partial charge in [0.15, 0.2) is 5.78 Å². The third-order valence-electron chi connectivity index (χ3n) is 2.98. The lowest BCUT2D eigenvalue weighted by atomic mass is 9.92. The minimum absolute atomic E-state index is 0.226. The summed E-state index contributed by atoms with van der Waals surface area (Å²) in [6.07, 6.45) is 2.06. The smallest absolute Gasteiger partial charge is 0.316 e. The van der Waals surface area contributed by atoms with Crippen LogP contribution in [-0.4, -0.2) is 18.9 Å². The topological polar surface area (TPSA) is 43.4 Å². The maximum atomic E-state index is 13.3. The number of methoxy groups -OCH3 is 1. The van der Waals surface area contributed by atoms with Crippen molar-refractivity contribution < 1.29 is 18.7 Å². The molecule has 19 heavy (non-hydrogen) atoms. The molecule has 0 saturated carbocycles. The zero-order valence-electron chi connectivity index (χ0n) is 11.5. The summed E-state index contributed by atoms with van der Waals surface area (Å²) in [5.41, 5.74) is 0.881. The Bertz CT molecular complexity index is 448. The van der Waals surface area contributed by atoms with Crippen LogP contribution in [0.5, 0.6) is 0 Å². The van der Waals surface area contributed by atoms with E-state index in [1.807, 2.05) is 6.92 Å². The Morgan fingerprint density at radius 1 is 1.32 bits per heavy atom. The summed E-state index contributed by atoms with van der Waals surface area (Å²) in [5, 5.41) is 0. The highest BCUT2D eigenvalue weighted by atomic mass is 19.1. The molecular formula is C15H19FO3. The first-order chi connectivity index (χ1) is 8.99. The van der Waals surface area contributed by atoms with Crippen molar-refractivity contribution in [3.8, 4) is 0 Å². The van der Waals surface area contributed by atoms with E-state index in [1.165, 1.54) is 13.2 Å². The summed E-state index contributed by atoms with van der Waals surface area (Å²) in [5.74, 6) is -2.24. The molecule has 104 valence electrons. The van der Waals surface area contributed by atoms with Gasteiger partial charge < -0.3 is 4.74 Å². The van der Waals surface area contributed by atoms with Gasteiger partial charge in [0.05, 0.1) is 7.11 Å². The fourth-order valence-electron chi connectivity index (χ4n) is 1.99. The van der Waals surface area contributed by atoms with Crippen LogP contribution in [0.25, 0.3) is 0 Å². The molecule has 0 spiro atoms. The lowest BCUT2D eigenvalue weighted by molar-refractivity contribution is -0.143. The summed E-state index contributed by atoms with van der Waals surface area (Å²) >= 11 is 0. The molecule has 0 N–H and O–H groups in total. The number of ether oxygens (including phenoxy) is 1. The number of carbonyl (C=O) groups excluding carboxylic acids is 2. The average Bonchev–Trinajstić information content (AvgIpc) is 2.37. The van der Waals surface area contributed by atoms with Crippen molar-refractivity contribution in [3.05, 3.63) is 35.1 Å². The van der Waals surface area contributed by atoms with Gasteiger partial charge in [0.2, 0.25) is 0 Å². The van der Waals surface area contributed by atoms with E-state index < -0.39 is 17.7 Å². The zero-order chi connectivity index (χ0) is 14.4. The van der Waals surface area contributed by atoms with Crippen LogP contribution in [0.15, 0.2) is 18.2 Å². The van der Waals surface area contributed by atoms with E-state index in [4.69, 9.17) is 0 Å². The van der Waals surface area contributed by atoms with Gasteiger partial charge in [0.1, 0.15) is 11.7 Å². The van der Waals surface area contributed by atoms with E-state index in [0.29, 0.717) is 12.0 Å². The average molecular weight is 266 g/mol. The molecule has 0 aromatic heterocycles. The van der Waals surface area contributed by atoms with Crippen LogP contribution in [-0.2, 0) is 9.53 Å². The molecule has 0 fully saturated rings. The molecule has 1 aromatic carbocycles. The second-order valence-corrected chi connectivity index (χ2v) is 4.60. The number of benzene rings is 1. The van der Waals surface area contributed by atoms with Crippen molar-refractivity contribution in [2.45, 2.75) is 33.1 Å². The predicted octanol–water partition coefficient (Wildman–Crippen LogP) is 3.30. The largest absolute Gasteiger partial charge is 0.468 e. The third-order valence-corrected chi connectivity index (χ3v) is 2.98. The highest BCUT2D eigenvalue weighted by Crippen LogP contribution is 2.19. The second kappa shape index (κ2) is 7.02. The van der Waals surface area contributed by atoms with Crippen LogP contribution in [0.4, 0.5) is 4.39 Å². The Balaban J connectivity index is 3.00. The van der Waals surface area contributed by atoms with Crippen molar-refractivity contribution in [2.75, 3.05) is 7.11 Å². The number of aryl methyl sites for hydroxylation is 1. The van der Waals surface area contributed by atoms with Gasteiger partial charge in [0.25, 0.3) is 0 Å². The lowest BCUT2D eigenvalue weighted by Crippen LogP contribution is -2.25. The zero-order valence-corrected chi connectivity index (χ0v) is 11.5. The minimum Gasteiger partial charge on any atom is -0.468 e. The van der Waals surface area contributed by atoms with Crippen LogP contribution in [0.3, 0.4) is 0 Å². The molecule has 0 bridgehead atoms. The minimum atomic E-state index is -0.842. The summed E-state index contributed by atoms with van der Waals surface area (Å²) < 4.78 is 18.0. The van der Waals surface area contributed by atoms with Gasteiger partial charge in [-0.3, -0.25) is 9.59 Å². The number of hydrogen-bond acceptors (Lipinski definition) is 3. The summed E-state index contributed by atoms with van der Waals surface area (Å²) in [6, 6.07) is 4.10. The van der Waals surface area contributed by atoms with E-state index >= 15 is 0 Å². The number of ketones is 1. The second-order valence-electron chi connectivity index (χ2n) is 4.60. The molecule has 1 aromatic rings. The molecule has 1 rings (SSSR count). The Morgan fingerprint density at radius 3 is 2.53 bits per heavy atom. The molecule has 3 nitrogen and oxygen atoms in total. The van der Waals surface area contributed by atoms with Crippen molar-refractivity contribution in [3.63, 3.8) is 0 Å². The molecule has 0 aliphatic rings. The first kappa shape index (κ1) is 15.3. The molecule has 1 unspecified atom stereocenters. The van der Waals surface area contributed by atoms with Gasteiger partial charge in [0, 0.05) is 5.56 Å². The quantitative estimate of drug-likeness (QED) is 0.451. The Morgan fingerprint density at radius 2 is 2.00 bits per heavy atom.